The third kappa shape index (κ3) is 5.78. The fourth-order valence-electron chi connectivity index (χ4n) is 0.189. The molecule has 0 heterocycles. The predicted molar refractivity (Wildman–Crippen MR) is 30.9 cm³/mol. The van der Waals surface area contributed by atoms with Crippen molar-refractivity contribution in [3.8, 4) is 0 Å². The Bertz CT molecular complexity index is 81.4. The summed E-state index contributed by atoms with van der Waals surface area (Å²) in [7, 11) is 0. The van der Waals surface area contributed by atoms with E-state index in [1.807, 2.05) is 0 Å². The molecule has 3 nitrogen and oxygen atoms in total. The van der Waals surface area contributed by atoms with Gasteiger partial charge in [0.2, 0.25) is 0 Å². The minimum absolute atomic E-state index is 0.134. The van der Waals surface area contributed by atoms with E-state index in [2.05, 4.69) is 0 Å². The van der Waals surface area contributed by atoms with Crippen LogP contribution in [0.1, 0.15) is 0 Å². The second kappa shape index (κ2) is 3.74. The van der Waals surface area contributed by atoms with Crippen LogP contribution in [-0.2, 0) is 16.0 Å². The third-order valence-electron chi connectivity index (χ3n) is 0.493. The molecule has 0 saturated carbocycles. The van der Waals surface area contributed by atoms with Crippen LogP contribution in [0.5, 0.6) is 0 Å². The van der Waals surface area contributed by atoms with Gasteiger partial charge < -0.3 is 9.66 Å². The van der Waals surface area contributed by atoms with E-state index in [0.29, 0.717) is 0 Å². The lowest BCUT2D eigenvalue weighted by Gasteiger charge is -1.99. The van der Waals surface area contributed by atoms with Crippen LogP contribution in [0.25, 0.3) is 0 Å². The van der Waals surface area contributed by atoms with Crippen LogP contribution in [0.15, 0.2) is 0 Å². The minimum atomic E-state index is -1.02. The quantitative estimate of drug-likeness (QED) is 0.538. The largest absolute Gasteiger partial charge is 0.617 e. The van der Waals surface area contributed by atoms with E-state index in [1.165, 1.54) is 6.26 Å². The highest BCUT2D eigenvalue weighted by Gasteiger charge is 2.02. The first-order valence-electron chi connectivity index (χ1n) is 1.99. The van der Waals surface area contributed by atoms with Gasteiger partial charge in [-0.3, -0.25) is 4.79 Å². The minimum Gasteiger partial charge on any atom is -0.617 e. The van der Waals surface area contributed by atoms with E-state index in [0.717, 1.165) is 6.42 Å². The van der Waals surface area contributed by atoms with E-state index in [1.54, 1.807) is 0 Å². The van der Waals surface area contributed by atoms with Crippen LogP contribution in [-0.4, -0.2) is 27.6 Å². The van der Waals surface area contributed by atoms with Gasteiger partial charge in [0.05, 0.1) is 6.26 Å². The van der Waals surface area contributed by atoms with E-state index in [9.17, 15) is 9.35 Å². The monoisotopic (exact) mass is 135 g/mol. The van der Waals surface area contributed by atoms with Gasteiger partial charge in [0.25, 0.3) is 0 Å². The number of aliphatic carboxylic acids is 1. The summed E-state index contributed by atoms with van der Waals surface area (Å²) < 4.78 is 10.2. The molecule has 0 spiro atoms. The summed E-state index contributed by atoms with van der Waals surface area (Å²) >= 11 is -1.02. The molecule has 1 radical (unpaired) electrons. The molecule has 47 valence electrons. The van der Waals surface area contributed by atoms with Crippen LogP contribution in [0.3, 0.4) is 0 Å². The lowest BCUT2D eigenvalue weighted by atomic mass is 10.5. The Kier molecular flexibility index (Phi) is 3.64. The molecule has 0 aliphatic carbocycles. The first-order chi connectivity index (χ1) is 3.63. The smallest absolute Gasteiger partial charge is 0.312 e. The summed E-state index contributed by atoms with van der Waals surface area (Å²) in [6, 6.07) is 0. The van der Waals surface area contributed by atoms with Crippen molar-refractivity contribution in [3.63, 3.8) is 0 Å². The zero-order valence-electron chi connectivity index (χ0n) is 4.46. The molecule has 0 aromatic heterocycles. The van der Waals surface area contributed by atoms with Crippen LogP contribution >= 0.6 is 0 Å². The summed E-state index contributed by atoms with van der Waals surface area (Å²) in [5.41, 5.74) is 0. The molecule has 0 saturated heterocycles. The Hall–Kier alpha value is -0.220. The van der Waals surface area contributed by atoms with Crippen molar-refractivity contribution in [1.29, 1.82) is 0 Å². The van der Waals surface area contributed by atoms with Crippen molar-refractivity contribution >= 4 is 17.1 Å². The molecule has 0 aromatic rings. The number of carbonyl (C=O) groups is 1. The molecular formula is C4H7O3S. The van der Waals surface area contributed by atoms with Crippen molar-refractivity contribution in [2.75, 3.05) is 12.0 Å². The molecular weight excluding hydrogens is 128 g/mol. The van der Waals surface area contributed by atoms with Crippen LogP contribution < -0.4 is 0 Å². The fourth-order valence-corrected chi connectivity index (χ4v) is 0.566. The standard InChI is InChI=1S/C4H7O3S/c1-8(7)3-2-4(5)6/h2H,3H2,1H3,(H,5,6). The zero-order valence-corrected chi connectivity index (χ0v) is 5.27. The van der Waals surface area contributed by atoms with Crippen molar-refractivity contribution < 1.29 is 14.5 Å². The molecule has 0 aromatic carbocycles. The number of carboxylic acids is 1. The molecule has 8 heavy (non-hydrogen) atoms. The lowest BCUT2D eigenvalue weighted by Crippen LogP contribution is -2.08. The van der Waals surface area contributed by atoms with Crippen molar-refractivity contribution in [2.45, 2.75) is 0 Å². The molecule has 4 heteroatoms. The van der Waals surface area contributed by atoms with Gasteiger partial charge in [0.1, 0.15) is 12.2 Å². The van der Waals surface area contributed by atoms with Gasteiger partial charge in [-0.05, 0) is 0 Å². The fraction of sp³-hybridized carbons (Fsp3) is 0.500. The topological polar surface area (TPSA) is 60.4 Å². The normalized spacial score (nSPS) is 13.2. The van der Waals surface area contributed by atoms with Crippen molar-refractivity contribution in [1.82, 2.24) is 0 Å². The number of carboxylic acid groups (broad SMARTS) is 1. The van der Waals surface area contributed by atoms with Crippen LogP contribution in [0, 0.1) is 6.42 Å². The number of rotatable bonds is 3. The Morgan fingerprint density at radius 2 is 2.50 bits per heavy atom. The third-order valence-corrected chi connectivity index (χ3v) is 1.13. The van der Waals surface area contributed by atoms with Crippen LogP contribution in [0.2, 0.25) is 0 Å². The van der Waals surface area contributed by atoms with E-state index in [4.69, 9.17) is 5.11 Å². The molecule has 0 rings (SSSR count). The van der Waals surface area contributed by atoms with Crippen molar-refractivity contribution in [3.05, 3.63) is 6.42 Å². The summed E-state index contributed by atoms with van der Waals surface area (Å²) in [6.07, 6.45) is 2.44. The second-order valence-corrected chi connectivity index (χ2v) is 2.76. The Balaban J connectivity index is 3.05. The highest BCUT2D eigenvalue weighted by Crippen LogP contribution is 1.85. The predicted octanol–water partition coefficient (Wildman–Crippen LogP) is -0.346. The molecule has 0 fully saturated rings. The van der Waals surface area contributed by atoms with Crippen LogP contribution in [0.4, 0.5) is 0 Å². The summed E-state index contributed by atoms with van der Waals surface area (Å²) in [5, 5.41) is 7.97. The van der Waals surface area contributed by atoms with Gasteiger partial charge in [-0.25, -0.2) is 0 Å². The van der Waals surface area contributed by atoms with E-state index < -0.39 is 17.1 Å². The van der Waals surface area contributed by atoms with Crippen molar-refractivity contribution in [2.24, 2.45) is 0 Å². The first kappa shape index (κ1) is 7.78. The summed E-state index contributed by atoms with van der Waals surface area (Å²) in [6.45, 7) is 0. The lowest BCUT2D eigenvalue weighted by molar-refractivity contribution is -0.132. The molecule has 1 N–H and O–H groups in total. The highest BCUT2D eigenvalue weighted by molar-refractivity contribution is 7.90. The van der Waals surface area contributed by atoms with Gasteiger partial charge in [0, 0.05) is 0 Å². The SMILES string of the molecule is C[S+]([O-])C[CH]C(=O)O. The molecule has 0 amide bonds. The molecule has 0 aliphatic rings. The van der Waals surface area contributed by atoms with E-state index in [-0.39, 0.29) is 5.75 Å². The molecule has 0 bridgehead atoms. The van der Waals surface area contributed by atoms with Gasteiger partial charge in [-0.2, -0.15) is 0 Å². The average molecular weight is 135 g/mol. The summed E-state index contributed by atoms with van der Waals surface area (Å²) in [4.78, 5) is 9.71. The van der Waals surface area contributed by atoms with E-state index >= 15 is 0 Å². The maximum Gasteiger partial charge on any atom is 0.312 e. The Morgan fingerprint density at radius 1 is 2.00 bits per heavy atom. The van der Waals surface area contributed by atoms with Gasteiger partial charge in [-0.15, -0.1) is 0 Å². The Morgan fingerprint density at radius 3 is 2.62 bits per heavy atom. The van der Waals surface area contributed by atoms with Gasteiger partial charge in [0.15, 0.2) is 0 Å². The maximum absolute atomic E-state index is 10.2. The first-order valence-corrected chi connectivity index (χ1v) is 3.72. The maximum atomic E-state index is 10.2. The number of hydrogen-bond donors (Lipinski definition) is 1. The molecule has 0 aliphatic heterocycles. The number of hydrogen-bond acceptors (Lipinski definition) is 2. The Labute approximate surface area is 50.9 Å². The average Bonchev–Trinajstić information content (AvgIpc) is 1.61. The van der Waals surface area contributed by atoms with Gasteiger partial charge in [-0.1, -0.05) is 11.2 Å². The zero-order chi connectivity index (χ0) is 6.57. The van der Waals surface area contributed by atoms with Gasteiger partial charge >= 0.3 is 5.97 Å². The molecule has 1 unspecified atom stereocenters. The molecule has 1 atom stereocenters. The second-order valence-electron chi connectivity index (χ2n) is 1.28. The highest BCUT2D eigenvalue weighted by atomic mass is 32.2. The summed E-state index contributed by atoms with van der Waals surface area (Å²) in [5.74, 6) is -0.879.